The van der Waals surface area contributed by atoms with Gasteiger partial charge in [0, 0.05) is 12.5 Å². The minimum Gasteiger partial charge on any atom is -0.356 e. The Morgan fingerprint density at radius 2 is 1.75 bits per heavy atom. The van der Waals surface area contributed by atoms with E-state index in [0.717, 1.165) is 32.2 Å². The fourth-order valence-corrected chi connectivity index (χ4v) is 4.05. The Morgan fingerprint density at radius 3 is 2.54 bits per heavy atom. The molecule has 2 atom stereocenters. The van der Waals surface area contributed by atoms with Gasteiger partial charge in [-0.05, 0) is 60.6 Å². The van der Waals surface area contributed by atoms with Crippen LogP contribution in [0.4, 0.5) is 0 Å². The molecule has 0 heterocycles. The maximum absolute atomic E-state index is 11.9. The lowest BCUT2D eigenvalue weighted by atomic mass is 9.73. The minimum absolute atomic E-state index is 0.263. The smallest absolute Gasteiger partial charge is 0.223 e. The predicted molar refractivity (Wildman–Crippen MR) is 97.0 cm³/mol. The molecule has 4 rings (SSSR count). The van der Waals surface area contributed by atoms with Gasteiger partial charge in [-0.1, -0.05) is 54.6 Å². The number of nitrogens with one attached hydrogen (secondary N) is 1. The van der Waals surface area contributed by atoms with Gasteiger partial charge in [-0.2, -0.15) is 0 Å². The molecule has 2 aliphatic carbocycles. The Kier molecular flexibility index (Phi) is 4.38. The van der Waals surface area contributed by atoms with E-state index >= 15 is 0 Å². The van der Waals surface area contributed by atoms with Gasteiger partial charge in [0.05, 0.1) is 0 Å². The lowest BCUT2D eigenvalue weighted by Crippen LogP contribution is -2.28. The summed E-state index contributed by atoms with van der Waals surface area (Å²) in [5.74, 6) is 1.70. The molecule has 2 aromatic rings. The number of amides is 1. The first-order valence-electron chi connectivity index (χ1n) is 9.21. The highest BCUT2D eigenvalue weighted by molar-refractivity contribution is 5.80. The molecule has 1 amide bonds. The van der Waals surface area contributed by atoms with Gasteiger partial charge in [-0.25, -0.2) is 0 Å². The third kappa shape index (κ3) is 3.38. The molecule has 1 saturated carbocycles. The van der Waals surface area contributed by atoms with E-state index in [1.165, 1.54) is 23.1 Å². The van der Waals surface area contributed by atoms with Crippen molar-refractivity contribution >= 4 is 5.91 Å². The average Bonchev–Trinajstić information content (AvgIpc) is 3.47. The first-order chi connectivity index (χ1) is 11.8. The normalized spacial score (nSPS) is 22.7. The van der Waals surface area contributed by atoms with Crippen molar-refractivity contribution in [3.8, 4) is 0 Å². The van der Waals surface area contributed by atoms with E-state index < -0.39 is 0 Å². The van der Waals surface area contributed by atoms with Crippen molar-refractivity contribution in [3.63, 3.8) is 0 Å². The van der Waals surface area contributed by atoms with E-state index in [4.69, 9.17) is 0 Å². The molecule has 2 aliphatic rings. The largest absolute Gasteiger partial charge is 0.356 e. The second kappa shape index (κ2) is 6.80. The molecule has 2 nitrogen and oxygen atoms in total. The fourth-order valence-electron chi connectivity index (χ4n) is 4.05. The van der Waals surface area contributed by atoms with Crippen LogP contribution in [0, 0.1) is 5.92 Å². The summed E-state index contributed by atoms with van der Waals surface area (Å²) in [6.07, 6.45) is 5.51. The fraction of sp³-hybridized carbons (Fsp3) is 0.409. The predicted octanol–water partition coefficient (Wildman–Crippen LogP) is 4.42. The molecule has 2 unspecified atom stereocenters. The highest BCUT2D eigenvalue weighted by atomic mass is 16.2. The monoisotopic (exact) mass is 319 g/mol. The van der Waals surface area contributed by atoms with Crippen molar-refractivity contribution in [2.45, 2.75) is 43.9 Å². The van der Waals surface area contributed by atoms with Crippen LogP contribution in [-0.2, 0) is 11.2 Å². The van der Waals surface area contributed by atoms with Crippen LogP contribution < -0.4 is 5.32 Å². The molecule has 1 fully saturated rings. The summed E-state index contributed by atoms with van der Waals surface area (Å²) in [5.41, 5.74) is 4.42. The first-order valence-corrected chi connectivity index (χ1v) is 9.21. The van der Waals surface area contributed by atoms with Crippen LogP contribution >= 0.6 is 0 Å². The quantitative estimate of drug-likeness (QED) is 0.868. The van der Waals surface area contributed by atoms with Gasteiger partial charge in [0.2, 0.25) is 5.91 Å². The van der Waals surface area contributed by atoms with E-state index in [0.29, 0.717) is 17.8 Å². The molecule has 0 saturated heterocycles. The highest BCUT2D eigenvalue weighted by Crippen LogP contribution is 2.41. The summed E-state index contributed by atoms with van der Waals surface area (Å²) in [6, 6.07) is 19.7. The van der Waals surface area contributed by atoms with E-state index in [9.17, 15) is 4.79 Å². The van der Waals surface area contributed by atoms with Gasteiger partial charge in [-0.3, -0.25) is 4.79 Å². The lowest BCUT2D eigenvalue weighted by molar-refractivity contribution is -0.122. The molecule has 2 aromatic carbocycles. The van der Waals surface area contributed by atoms with E-state index in [1.807, 2.05) is 0 Å². The molecule has 0 spiro atoms. The van der Waals surface area contributed by atoms with E-state index in [1.54, 1.807) is 0 Å². The Bertz CT molecular complexity index is 705. The molecule has 1 N–H and O–H groups in total. The number of hydrogen-bond acceptors (Lipinski definition) is 1. The summed E-state index contributed by atoms with van der Waals surface area (Å²) in [4.78, 5) is 11.9. The van der Waals surface area contributed by atoms with Crippen LogP contribution in [0.1, 0.15) is 54.2 Å². The number of benzene rings is 2. The summed E-state index contributed by atoms with van der Waals surface area (Å²) < 4.78 is 0. The van der Waals surface area contributed by atoms with Crippen LogP contribution in [0.3, 0.4) is 0 Å². The Hall–Kier alpha value is -2.09. The first kappa shape index (κ1) is 15.4. The molecule has 2 heteroatoms. The van der Waals surface area contributed by atoms with Gasteiger partial charge in [0.1, 0.15) is 0 Å². The van der Waals surface area contributed by atoms with E-state index in [-0.39, 0.29) is 5.91 Å². The third-order valence-corrected chi connectivity index (χ3v) is 5.54. The number of hydrogen-bond donors (Lipinski definition) is 1. The van der Waals surface area contributed by atoms with Crippen molar-refractivity contribution in [2.24, 2.45) is 5.92 Å². The SMILES string of the molecule is O=C(NCCC1CC(c2ccccc2)Cc2ccccc21)C1CC1. The van der Waals surface area contributed by atoms with Crippen molar-refractivity contribution in [1.82, 2.24) is 5.32 Å². The number of carbonyl (C=O) groups is 1. The molecule has 0 bridgehead atoms. The maximum atomic E-state index is 11.9. The maximum Gasteiger partial charge on any atom is 0.223 e. The molecule has 0 aromatic heterocycles. The Balaban J connectivity index is 1.47. The van der Waals surface area contributed by atoms with Crippen LogP contribution in [0.5, 0.6) is 0 Å². The molecule has 24 heavy (non-hydrogen) atoms. The van der Waals surface area contributed by atoms with Crippen molar-refractivity contribution in [2.75, 3.05) is 6.54 Å². The van der Waals surface area contributed by atoms with Crippen LogP contribution in [-0.4, -0.2) is 12.5 Å². The Labute approximate surface area is 144 Å². The topological polar surface area (TPSA) is 29.1 Å². The summed E-state index contributed by atoms with van der Waals surface area (Å²) in [7, 11) is 0. The number of fused-ring (bicyclic) bond motifs is 1. The summed E-state index contributed by atoms with van der Waals surface area (Å²) in [6.45, 7) is 0.801. The van der Waals surface area contributed by atoms with Crippen molar-refractivity contribution < 1.29 is 4.79 Å². The van der Waals surface area contributed by atoms with Crippen LogP contribution in [0.25, 0.3) is 0 Å². The van der Waals surface area contributed by atoms with Crippen molar-refractivity contribution in [3.05, 3.63) is 71.3 Å². The van der Waals surface area contributed by atoms with Gasteiger partial charge >= 0.3 is 0 Å². The number of rotatable bonds is 5. The third-order valence-electron chi connectivity index (χ3n) is 5.54. The zero-order chi connectivity index (χ0) is 16.4. The van der Waals surface area contributed by atoms with Gasteiger partial charge in [-0.15, -0.1) is 0 Å². The molecule has 0 aliphatic heterocycles. The van der Waals surface area contributed by atoms with Gasteiger partial charge in [0.25, 0.3) is 0 Å². The zero-order valence-electron chi connectivity index (χ0n) is 14.1. The summed E-state index contributed by atoms with van der Waals surface area (Å²) in [5, 5.41) is 3.14. The summed E-state index contributed by atoms with van der Waals surface area (Å²) >= 11 is 0. The molecular formula is C22H25NO. The second-order valence-electron chi connectivity index (χ2n) is 7.30. The van der Waals surface area contributed by atoms with E-state index in [2.05, 4.69) is 59.9 Å². The Morgan fingerprint density at radius 1 is 1.00 bits per heavy atom. The highest BCUT2D eigenvalue weighted by Gasteiger charge is 2.30. The average molecular weight is 319 g/mol. The number of carbonyl (C=O) groups excluding carboxylic acids is 1. The standard InChI is InChI=1S/C22H25NO/c24-22(17-10-11-17)23-13-12-19-15-20(16-6-2-1-3-7-16)14-18-8-4-5-9-21(18)19/h1-9,17,19-20H,10-15H2,(H,23,24). The van der Waals surface area contributed by atoms with Gasteiger partial charge in [0.15, 0.2) is 0 Å². The van der Waals surface area contributed by atoms with Crippen LogP contribution in [0.2, 0.25) is 0 Å². The van der Waals surface area contributed by atoms with Gasteiger partial charge < -0.3 is 5.32 Å². The molecule has 0 radical (unpaired) electrons. The zero-order valence-corrected chi connectivity index (χ0v) is 14.1. The van der Waals surface area contributed by atoms with Crippen LogP contribution in [0.15, 0.2) is 54.6 Å². The second-order valence-corrected chi connectivity index (χ2v) is 7.30. The molecule has 124 valence electrons. The minimum atomic E-state index is 0.263. The lowest BCUT2D eigenvalue weighted by Gasteiger charge is -2.32. The van der Waals surface area contributed by atoms with Crippen molar-refractivity contribution in [1.29, 1.82) is 0 Å². The molecular weight excluding hydrogens is 294 g/mol.